The minimum absolute atomic E-state index is 0.922. The minimum atomic E-state index is 0.922. The third-order valence-corrected chi connectivity index (χ3v) is 9.06. The average molecular weight is 588 g/mol. The van der Waals surface area contributed by atoms with Gasteiger partial charge in [0.25, 0.3) is 0 Å². The Hall–Kier alpha value is -6.12. The maximum Gasteiger partial charge on any atom is 0.136 e. The van der Waals surface area contributed by atoms with E-state index in [4.69, 9.17) is 4.42 Å². The fraction of sp³-hybridized carbons (Fsp3) is 0. The molecule has 0 saturated carbocycles. The van der Waals surface area contributed by atoms with Crippen LogP contribution in [0, 0.1) is 0 Å². The van der Waals surface area contributed by atoms with Crippen LogP contribution in [0.2, 0.25) is 0 Å². The van der Waals surface area contributed by atoms with Crippen LogP contribution in [0.1, 0.15) is 0 Å². The molecule has 0 bridgehead atoms. The van der Waals surface area contributed by atoms with Crippen molar-refractivity contribution in [2.45, 2.75) is 0 Å². The highest BCUT2D eigenvalue weighted by molar-refractivity contribution is 6.20. The van der Waals surface area contributed by atoms with Crippen LogP contribution in [0.4, 0.5) is 17.1 Å². The van der Waals surface area contributed by atoms with E-state index in [-0.39, 0.29) is 0 Å². The highest BCUT2D eigenvalue weighted by Crippen LogP contribution is 2.40. The van der Waals surface area contributed by atoms with E-state index in [0.29, 0.717) is 0 Å². The predicted molar refractivity (Wildman–Crippen MR) is 194 cm³/mol. The molecule has 9 rings (SSSR count). The Labute approximate surface area is 267 Å². The van der Waals surface area contributed by atoms with Gasteiger partial charge in [0.05, 0.1) is 0 Å². The first kappa shape index (κ1) is 26.3. The molecule has 0 saturated heterocycles. The molecule has 0 amide bonds. The summed E-state index contributed by atoms with van der Waals surface area (Å²) in [5.41, 5.74) is 10.00. The Morgan fingerprint density at radius 3 is 1.78 bits per heavy atom. The lowest BCUT2D eigenvalue weighted by atomic mass is 9.95. The van der Waals surface area contributed by atoms with Crippen LogP contribution >= 0.6 is 0 Å². The molecule has 0 N–H and O–H groups in total. The lowest BCUT2D eigenvalue weighted by Crippen LogP contribution is -2.09. The van der Waals surface area contributed by atoms with Crippen molar-refractivity contribution in [2.75, 3.05) is 4.90 Å². The highest BCUT2D eigenvalue weighted by Gasteiger charge is 2.15. The van der Waals surface area contributed by atoms with Gasteiger partial charge in [-0.25, -0.2) is 0 Å². The number of benzene rings is 8. The first-order valence-electron chi connectivity index (χ1n) is 15.7. The fourth-order valence-electron chi connectivity index (χ4n) is 6.82. The summed E-state index contributed by atoms with van der Waals surface area (Å²) in [5, 5.41) is 7.27. The van der Waals surface area contributed by atoms with Gasteiger partial charge in [-0.3, -0.25) is 0 Å². The molecule has 0 spiro atoms. The molecular formula is C44H29NO. The summed E-state index contributed by atoms with van der Waals surface area (Å²) >= 11 is 0. The summed E-state index contributed by atoms with van der Waals surface area (Å²) in [7, 11) is 0. The van der Waals surface area contributed by atoms with Gasteiger partial charge in [0.1, 0.15) is 11.2 Å². The molecule has 8 aromatic carbocycles. The molecule has 46 heavy (non-hydrogen) atoms. The number of fused-ring (bicyclic) bond motifs is 6. The molecule has 9 aromatic rings. The fourth-order valence-corrected chi connectivity index (χ4v) is 6.82. The van der Waals surface area contributed by atoms with Gasteiger partial charge >= 0.3 is 0 Å². The topological polar surface area (TPSA) is 16.4 Å². The van der Waals surface area contributed by atoms with E-state index in [0.717, 1.165) is 33.6 Å². The zero-order chi connectivity index (χ0) is 30.5. The van der Waals surface area contributed by atoms with E-state index >= 15 is 0 Å². The molecule has 1 aromatic heterocycles. The largest absolute Gasteiger partial charge is 0.456 e. The van der Waals surface area contributed by atoms with Crippen molar-refractivity contribution in [1.82, 2.24) is 0 Å². The number of para-hydroxylation sites is 2. The molecular weight excluding hydrogens is 558 g/mol. The smallest absolute Gasteiger partial charge is 0.136 e. The van der Waals surface area contributed by atoms with Crippen LogP contribution in [-0.4, -0.2) is 0 Å². The Morgan fingerprint density at radius 2 is 0.978 bits per heavy atom. The molecule has 0 unspecified atom stereocenters. The third kappa shape index (κ3) is 4.43. The van der Waals surface area contributed by atoms with E-state index < -0.39 is 0 Å². The maximum atomic E-state index is 6.18. The van der Waals surface area contributed by atoms with Gasteiger partial charge in [0.15, 0.2) is 0 Å². The molecule has 0 fully saturated rings. The van der Waals surface area contributed by atoms with Gasteiger partial charge in [-0.1, -0.05) is 121 Å². The maximum absolute atomic E-state index is 6.18. The first-order valence-corrected chi connectivity index (χ1v) is 15.7. The van der Waals surface area contributed by atoms with Crippen molar-refractivity contribution in [1.29, 1.82) is 0 Å². The Balaban J connectivity index is 1.10. The zero-order valence-electron chi connectivity index (χ0n) is 25.1. The molecule has 2 nitrogen and oxygen atoms in total. The molecule has 0 aliphatic carbocycles. The third-order valence-electron chi connectivity index (χ3n) is 9.06. The van der Waals surface area contributed by atoms with E-state index in [2.05, 4.69) is 169 Å². The molecule has 2 heteroatoms. The van der Waals surface area contributed by atoms with E-state index in [9.17, 15) is 0 Å². The van der Waals surface area contributed by atoms with Gasteiger partial charge in [0, 0.05) is 27.8 Å². The minimum Gasteiger partial charge on any atom is -0.456 e. The first-order chi connectivity index (χ1) is 22.8. The van der Waals surface area contributed by atoms with Crippen LogP contribution in [0.5, 0.6) is 0 Å². The number of nitrogens with zero attached hydrogens (tertiary/aromatic N) is 1. The second kappa shape index (κ2) is 10.8. The van der Waals surface area contributed by atoms with Gasteiger partial charge in [-0.05, 0) is 98.4 Å². The zero-order valence-corrected chi connectivity index (χ0v) is 25.1. The second-order valence-corrected chi connectivity index (χ2v) is 11.8. The summed E-state index contributed by atoms with van der Waals surface area (Å²) in [5.74, 6) is 0. The van der Waals surface area contributed by atoms with Crippen LogP contribution in [0.3, 0.4) is 0 Å². The van der Waals surface area contributed by atoms with Crippen molar-refractivity contribution in [3.05, 3.63) is 176 Å². The quantitative estimate of drug-likeness (QED) is 0.199. The molecule has 216 valence electrons. The number of furan rings is 1. The lowest BCUT2D eigenvalue weighted by molar-refractivity contribution is 0.669. The average Bonchev–Trinajstić information content (AvgIpc) is 3.52. The van der Waals surface area contributed by atoms with Crippen LogP contribution in [-0.2, 0) is 0 Å². The summed E-state index contributed by atoms with van der Waals surface area (Å²) in [4.78, 5) is 2.32. The summed E-state index contributed by atoms with van der Waals surface area (Å²) in [6.45, 7) is 0. The van der Waals surface area contributed by atoms with E-state index in [1.54, 1.807) is 0 Å². The van der Waals surface area contributed by atoms with Crippen molar-refractivity contribution in [3.63, 3.8) is 0 Å². The summed E-state index contributed by atoms with van der Waals surface area (Å²) < 4.78 is 6.18. The predicted octanol–water partition coefficient (Wildman–Crippen LogP) is 12.7. The molecule has 0 atom stereocenters. The molecule has 0 radical (unpaired) electrons. The van der Waals surface area contributed by atoms with Crippen LogP contribution < -0.4 is 4.90 Å². The molecule has 1 heterocycles. The van der Waals surface area contributed by atoms with Crippen molar-refractivity contribution < 1.29 is 4.42 Å². The normalized spacial score (nSPS) is 11.5. The SMILES string of the molecule is c1ccc(N(c2ccc(-c3ccc4ccccc4c3)cc2)c2ccc(-c3cccc4c3ccc3oc5ccccc5c34)cc2)cc1. The van der Waals surface area contributed by atoms with E-state index in [1.807, 2.05) is 12.1 Å². The number of rotatable bonds is 5. The van der Waals surface area contributed by atoms with E-state index in [1.165, 1.54) is 49.2 Å². The molecule has 0 aliphatic heterocycles. The van der Waals surface area contributed by atoms with Gasteiger partial charge in [-0.2, -0.15) is 0 Å². The Kier molecular flexibility index (Phi) is 6.17. The number of anilines is 3. The Morgan fingerprint density at radius 1 is 0.348 bits per heavy atom. The number of hydrogen-bond acceptors (Lipinski definition) is 2. The molecule has 0 aliphatic rings. The van der Waals surface area contributed by atoms with Gasteiger partial charge in [0.2, 0.25) is 0 Å². The van der Waals surface area contributed by atoms with Gasteiger partial charge in [-0.15, -0.1) is 0 Å². The second-order valence-electron chi connectivity index (χ2n) is 11.8. The standard InChI is InChI=1S/C44H29NO/c1-2-11-35(12-3-1)45(36-23-19-31(20-24-36)34-18-17-30-9-4-5-10-33(30)29-34)37-25-21-32(22-26-37)38-14-8-15-40-39(38)27-28-43-44(40)41-13-6-7-16-42(41)46-43/h1-29H. The lowest BCUT2D eigenvalue weighted by Gasteiger charge is -2.26. The Bertz CT molecular complexity index is 2510. The number of hydrogen-bond donors (Lipinski definition) is 0. The van der Waals surface area contributed by atoms with Crippen molar-refractivity contribution >= 4 is 60.5 Å². The monoisotopic (exact) mass is 587 g/mol. The van der Waals surface area contributed by atoms with Crippen LogP contribution in [0.25, 0.3) is 65.7 Å². The van der Waals surface area contributed by atoms with Gasteiger partial charge < -0.3 is 9.32 Å². The van der Waals surface area contributed by atoms with Crippen molar-refractivity contribution in [2.24, 2.45) is 0 Å². The van der Waals surface area contributed by atoms with Crippen LogP contribution in [0.15, 0.2) is 180 Å². The summed E-state index contributed by atoms with van der Waals surface area (Å²) in [6, 6.07) is 62.7. The highest BCUT2D eigenvalue weighted by atomic mass is 16.3. The summed E-state index contributed by atoms with van der Waals surface area (Å²) in [6.07, 6.45) is 0. The van der Waals surface area contributed by atoms with Crippen molar-refractivity contribution in [3.8, 4) is 22.3 Å².